The molecule has 1 aromatic heterocycles. The third-order valence-corrected chi connectivity index (χ3v) is 4.74. The van der Waals surface area contributed by atoms with Gasteiger partial charge in [0.25, 0.3) is 0 Å². The largest absolute Gasteiger partial charge is 0.479 e. The van der Waals surface area contributed by atoms with Crippen molar-refractivity contribution >= 4 is 5.97 Å². The number of alkyl halides is 3. The number of hydrogen-bond acceptors (Lipinski definition) is 3. The van der Waals surface area contributed by atoms with E-state index in [1.165, 1.54) is 6.92 Å². The fraction of sp³-hybridized carbons (Fsp3) is 0.750. The van der Waals surface area contributed by atoms with Crippen molar-refractivity contribution in [2.24, 2.45) is 11.3 Å². The van der Waals surface area contributed by atoms with Crippen LogP contribution in [-0.4, -0.2) is 26.1 Å². The molecule has 0 saturated heterocycles. The van der Waals surface area contributed by atoms with E-state index in [-0.39, 0.29) is 11.3 Å². The second-order valence-electron chi connectivity index (χ2n) is 6.07. The standard InChI is InChI=1S/C12H14F3N3O2/c1-10(9(19)20,7-4-11(5-7)2-3-11)18-16-6-8(17-18)12(13,14)15/h6-7H,2-5H2,1H3,(H,19,20). The van der Waals surface area contributed by atoms with Crippen molar-refractivity contribution in [3.05, 3.63) is 11.9 Å². The van der Waals surface area contributed by atoms with Crippen LogP contribution in [0.5, 0.6) is 0 Å². The van der Waals surface area contributed by atoms with E-state index in [1.807, 2.05) is 0 Å². The Morgan fingerprint density at radius 1 is 1.45 bits per heavy atom. The topological polar surface area (TPSA) is 68.0 Å². The molecule has 3 rings (SSSR count). The predicted molar refractivity (Wildman–Crippen MR) is 60.7 cm³/mol. The summed E-state index contributed by atoms with van der Waals surface area (Å²) in [4.78, 5) is 12.3. The second-order valence-corrected chi connectivity index (χ2v) is 6.07. The van der Waals surface area contributed by atoms with Gasteiger partial charge in [0.05, 0.1) is 6.20 Å². The molecule has 2 saturated carbocycles. The van der Waals surface area contributed by atoms with Crippen LogP contribution in [0.4, 0.5) is 13.2 Å². The van der Waals surface area contributed by atoms with Gasteiger partial charge in [-0.2, -0.15) is 23.1 Å². The number of aliphatic carboxylic acids is 1. The van der Waals surface area contributed by atoms with Gasteiger partial charge < -0.3 is 5.11 Å². The van der Waals surface area contributed by atoms with E-state index in [2.05, 4.69) is 10.2 Å². The fourth-order valence-corrected chi connectivity index (χ4v) is 3.01. The molecule has 0 bridgehead atoms. The maximum atomic E-state index is 12.6. The Morgan fingerprint density at radius 3 is 2.45 bits per heavy atom. The first kappa shape index (κ1) is 13.4. The average Bonchev–Trinajstić information content (AvgIpc) is 2.92. The Balaban J connectivity index is 1.90. The number of hydrogen-bond donors (Lipinski definition) is 1. The lowest BCUT2D eigenvalue weighted by molar-refractivity contribution is -0.157. The lowest BCUT2D eigenvalue weighted by atomic mass is 9.63. The highest BCUT2D eigenvalue weighted by Gasteiger charge is 2.61. The maximum absolute atomic E-state index is 12.6. The Labute approximate surface area is 112 Å². The molecule has 0 radical (unpaired) electrons. The van der Waals surface area contributed by atoms with Crippen molar-refractivity contribution < 1.29 is 23.1 Å². The third kappa shape index (κ3) is 1.81. The third-order valence-electron chi connectivity index (χ3n) is 4.74. The molecule has 1 N–H and O–H groups in total. The van der Waals surface area contributed by atoms with E-state index in [0.717, 1.165) is 30.5 Å². The number of aromatic nitrogens is 3. The first-order valence-corrected chi connectivity index (χ1v) is 6.41. The van der Waals surface area contributed by atoms with Gasteiger partial charge in [0.15, 0.2) is 11.2 Å². The molecule has 1 spiro atoms. The van der Waals surface area contributed by atoms with Crippen LogP contribution in [0.2, 0.25) is 0 Å². The van der Waals surface area contributed by atoms with Crippen LogP contribution in [0, 0.1) is 11.3 Å². The van der Waals surface area contributed by atoms with Crippen molar-refractivity contribution in [2.75, 3.05) is 0 Å². The molecular formula is C12H14F3N3O2. The van der Waals surface area contributed by atoms with Crippen LogP contribution in [0.15, 0.2) is 6.20 Å². The quantitative estimate of drug-likeness (QED) is 0.927. The first-order valence-electron chi connectivity index (χ1n) is 6.41. The van der Waals surface area contributed by atoms with Gasteiger partial charge in [-0.05, 0) is 43.9 Å². The van der Waals surface area contributed by atoms with Gasteiger partial charge >= 0.3 is 12.1 Å². The van der Waals surface area contributed by atoms with Gasteiger partial charge in [-0.1, -0.05) is 0 Å². The van der Waals surface area contributed by atoms with Gasteiger partial charge in [-0.3, -0.25) is 0 Å². The number of nitrogens with zero attached hydrogens (tertiary/aromatic N) is 3. The monoisotopic (exact) mass is 289 g/mol. The van der Waals surface area contributed by atoms with E-state index in [1.54, 1.807) is 0 Å². The molecule has 5 nitrogen and oxygen atoms in total. The Bertz CT molecular complexity index is 557. The summed E-state index contributed by atoms with van der Waals surface area (Å²) in [7, 11) is 0. The summed E-state index contributed by atoms with van der Waals surface area (Å²) < 4.78 is 37.7. The predicted octanol–water partition coefficient (Wildman–Crippen LogP) is 2.29. The van der Waals surface area contributed by atoms with Crippen LogP contribution in [0.25, 0.3) is 0 Å². The Kier molecular flexibility index (Phi) is 2.50. The molecule has 2 aliphatic rings. The van der Waals surface area contributed by atoms with Gasteiger partial charge in [0.1, 0.15) is 0 Å². The van der Waals surface area contributed by atoms with E-state index in [9.17, 15) is 23.1 Å². The molecule has 20 heavy (non-hydrogen) atoms. The molecule has 2 fully saturated rings. The van der Waals surface area contributed by atoms with Crippen molar-refractivity contribution in [1.82, 2.24) is 15.0 Å². The summed E-state index contributed by atoms with van der Waals surface area (Å²) in [5.74, 6) is -1.42. The normalized spacial score (nSPS) is 24.2. The molecular weight excluding hydrogens is 275 g/mol. The molecule has 0 aromatic carbocycles. The zero-order valence-corrected chi connectivity index (χ0v) is 10.8. The number of carboxylic acids is 1. The van der Waals surface area contributed by atoms with Crippen molar-refractivity contribution in [2.45, 2.75) is 44.3 Å². The summed E-state index contributed by atoms with van der Waals surface area (Å²) in [6.07, 6.45) is -0.432. The zero-order valence-electron chi connectivity index (χ0n) is 10.8. The average molecular weight is 289 g/mol. The highest BCUT2D eigenvalue weighted by molar-refractivity contribution is 5.76. The van der Waals surface area contributed by atoms with Gasteiger partial charge in [0, 0.05) is 0 Å². The number of carboxylic acid groups (broad SMARTS) is 1. The lowest BCUT2D eigenvalue weighted by Gasteiger charge is -2.44. The van der Waals surface area contributed by atoms with Crippen molar-refractivity contribution in [3.8, 4) is 0 Å². The maximum Gasteiger partial charge on any atom is 0.436 e. The van der Waals surface area contributed by atoms with E-state index in [0.29, 0.717) is 6.20 Å². The summed E-state index contributed by atoms with van der Waals surface area (Å²) in [6, 6.07) is 0. The molecule has 110 valence electrons. The van der Waals surface area contributed by atoms with Crippen LogP contribution >= 0.6 is 0 Å². The molecule has 0 aliphatic heterocycles. The summed E-state index contributed by atoms with van der Waals surface area (Å²) in [5.41, 5.74) is -2.43. The number of rotatable bonds is 3. The summed E-state index contributed by atoms with van der Waals surface area (Å²) in [5, 5.41) is 16.3. The van der Waals surface area contributed by atoms with Gasteiger partial charge in [-0.25, -0.2) is 4.79 Å². The summed E-state index contributed by atoms with van der Waals surface area (Å²) in [6.45, 7) is 1.40. The molecule has 8 heteroatoms. The highest BCUT2D eigenvalue weighted by atomic mass is 19.4. The SMILES string of the molecule is CC(C(=O)O)(C1CC2(CC2)C1)n1ncc(C(F)(F)F)n1. The lowest BCUT2D eigenvalue weighted by Crippen LogP contribution is -2.52. The van der Waals surface area contributed by atoms with Gasteiger partial charge in [-0.15, -0.1) is 5.10 Å². The molecule has 1 unspecified atom stereocenters. The minimum Gasteiger partial charge on any atom is -0.479 e. The molecule has 1 atom stereocenters. The highest BCUT2D eigenvalue weighted by Crippen LogP contribution is 2.66. The van der Waals surface area contributed by atoms with E-state index < -0.39 is 23.4 Å². The van der Waals surface area contributed by atoms with Gasteiger partial charge in [0.2, 0.25) is 0 Å². The zero-order chi connectivity index (χ0) is 14.8. The molecule has 2 aliphatic carbocycles. The van der Waals surface area contributed by atoms with E-state index >= 15 is 0 Å². The minimum absolute atomic E-state index is 0.226. The molecule has 0 amide bonds. The Hall–Kier alpha value is -1.60. The molecule has 1 aromatic rings. The second kappa shape index (κ2) is 3.73. The molecule has 1 heterocycles. The minimum atomic E-state index is -4.62. The van der Waals surface area contributed by atoms with Crippen LogP contribution in [0.3, 0.4) is 0 Å². The van der Waals surface area contributed by atoms with Crippen LogP contribution in [-0.2, 0) is 16.5 Å². The van der Waals surface area contributed by atoms with Crippen LogP contribution in [0.1, 0.15) is 38.3 Å². The first-order chi connectivity index (χ1) is 9.17. The van der Waals surface area contributed by atoms with Crippen LogP contribution < -0.4 is 0 Å². The van der Waals surface area contributed by atoms with Crippen molar-refractivity contribution in [3.63, 3.8) is 0 Å². The van der Waals surface area contributed by atoms with E-state index in [4.69, 9.17) is 0 Å². The summed E-state index contributed by atoms with van der Waals surface area (Å²) >= 11 is 0. The Morgan fingerprint density at radius 2 is 2.05 bits per heavy atom. The smallest absolute Gasteiger partial charge is 0.436 e. The number of halogens is 3. The number of carbonyl (C=O) groups is 1. The fourth-order valence-electron chi connectivity index (χ4n) is 3.01. The van der Waals surface area contributed by atoms with Crippen molar-refractivity contribution in [1.29, 1.82) is 0 Å².